The third-order valence-electron chi connectivity index (χ3n) is 7.23. The number of nitrogens with one attached hydrogen (secondary N) is 2. The van der Waals surface area contributed by atoms with Crippen molar-refractivity contribution in [2.75, 3.05) is 25.0 Å². The minimum absolute atomic E-state index is 0.0548. The van der Waals surface area contributed by atoms with Crippen molar-refractivity contribution in [1.29, 1.82) is 5.26 Å². The standard InChI is InChI=1S/C31H31N5O/c1-23-20-29(27-14-8-9-15-28(27)33-23)35-30(37)34-26-16-18-36(21-26)19-17-31(22-32,24-10-4-2-5-11-24)25-12-6-3-7-13-25/h2-15,20,26H,16-19,21H2,1H3,(H2,33,34,35,37). The second-order valence-electron chi connectivity index (χ2n) is 9.71. The average molecular weight is 490 g/mol. The first kappa shape index (κ1) is 24.5. The Morgan fingerprint density at radius 3 is 2.35 bits per heavy atom. The molecule has 2 amide bonds. The molecule has 4 aromatic rings. The maximum absolute atomic E-state index is 12.9. The first-order chi connectivity index (χ1) is 18.1. The van der Waals surface area contributed by atoms with Crippen LogP contribution in [0.5, 0.6) is 0 Å². The summed E-state index contributed by atoms with van der Waals surface area (Å²) in [5.74, 6) is 0. The number of hydrogen-bond acceptors (Lipinski definition) is 4. The zero-order valence-corrected chi connectivity index (χ0v) is 21.0. The van der Waals surface area contributed by atoms with Crippen LogP contribution in [0.25, 0.3) is 10.9 Å². The minimum Gasteiger partial charge on any atom is -0.334 e. The third-order valence-corrected chi connectivity index (χ3v) is 7.23. The Morgan fingerprint density at radius 2 is 1.68 bits per heavy atom. The Labute approximate surface area is 218 Å². The number of aryl methyl sites for hydroxylation is 1. The molecule has 2 N–H and O–H groups in total. The van der Waals surface area contributed by atoms with E-state index in [0.717, 1.165) is 59.5 Å². The van der Waals surface area contributed by atoms with Crippen LogP contribution in [0.15, 0.2) is 91.0 Å². The molecule has 5 rings (SSSR count). The van der Waals surface area contributed by atoms with Gasteiger partial charge in [0.05, 0.1) is 17.3 Å². The van der Waals surface area contributed by atoms with Gasteiger partial charge in [0.15, 0.2) is 0 Å². The van der Waals surface area contributed by atoms with Crippen molar-refractivity contribution >= 4 is 22.6 Å². The van der Waals surface area contributed by atoms with Crippen molar-refractivity contribution in [3.8, 4) is 6.07 Å². The van der Waals surface area contributed by atoms with Gasteiger partial charge in [0.25, 0.3) is 0 Å². The molecule has 3 aromatic carbocycles. The summed E-state index contributed by atoms with van der Waals surface area (Å²) in [6, 6.07) is 32.3. The fourth-order valence-corrected chi connectivity index (χ4v) is 5.32. The Kier molecular flexibility index (Phi) is 7.16. The van der Waals surface area contributed by atoms with Crippen molar-refractivity contribution in [1.82, 2.24) is 15.2 Å². The molecular formula is C31H31N5O. The number of amides is 2. The number of nitriles is 1. The summed E-state index contributed by atoms with van der Waals surface area (Å²) >= 11 is 0. The highest BCUT2D eigenvalue weighted by molar-refractivity contribution is 6.00. The van der Waals surface area contributed by atoms with Gasteiger partial charge in [-0.15, -0.1) is 0 Å². The third kappa shape index (κ3) is 5.32. The number of carbonyl (C=O) groups is 1. The molecule has 2 heterocycles. The smallest absolute Gasteiger partial charge is 0.319 e. The van der Waals surface area contributed by atoms with Gasteiger partial charge < -0.3 is 15.5 Å². The molecule has 1 aromatic heterocycles. The molecule has 0 aliphatic carbocycles. The minimum atomic E-state index is -0.717. The van der Waals surface area contributed by atoms with E-state index in [0.29, 0.717) is 6.42 Å². The summed E-state index contributed by atoms with van der Waals surface area (Å²) < 4.78 is 0. The predicted octanol–water partition coefficient (Wildman–Crippen LogP) is 5.64. The Hall–Kier alpha value is -4.21. The molecule has 186 valence electrons. The number of carbonyl (C=O) groups excluding carboxylic acids is 1. The molecule has 6 heteroatoms. The second-order valence-corrected chi connectivity index (χ2v) is 9.71. The van der Waals surface area contributed by atoms with Gasteiger partial charge in [-0.25, -0.2) is 4.79 Å². The quantitative estimate of drug-likeness (QED) is 0.352. The topological polar surface area (TPSA) is 81.0 Å². The summed E-state index contributed by atoms with van der Waals surface area (Å²) in [5, 5.41) is 17.5. The number of para-hydroxylation sites is 1. The number of fused-ring (bicyclic) bond motifs is 1. The molecule has 0 saturated carbocycles. The Bertz CT molecular complexity index is 1370. The van der Waals surface area contributed by atoms with E-state index in [1.165, 1.54) is 0 Å². The summed E-state index contributed by atoms with van der Waals surface area (Å²) in [4.78, 5) is 19.7. The van der Waals surface area contributed by atoms with E-state index >= 15 is 0 Å². The van der Waals surface area contributed by atoms with E-state index in [9.17, 15) is 10.1 Å². The monoisotopic (exact) mass is 489 g/mol. The molecule has 1 aliphatic rings. The van der Waals surface area contributed by atoms with E-state index in [1.807, 2.05) is 97.9 Å². The number of benzene rings is 3. The number of rotatable bonds is 7. The van der Waals surface area contributed by atoms with Gasteiger partial charge in [-0.3, -0.25) is 4.98 Å². The Balaban J connectivity index is 1.23. The van der Waals surface area contributed by atoms with Crippen LogP contribution in [-0.2, 0) is 5.41 Å². The number of likely N-dealkylation sites (tertiary alicyclic amines) is 1. The van der Waals surface area contributed by atoms with Gasteiger partial charge >= 0.3 is 6.03 Å². The van der Waals surface area contributed by atoms with Crippen molar-refractivity contribution in [2.24, 2.45) is 0 Å². The van der Waals surface area contributed by atoms with Crippen LogP contribution >= 0.6 is 0 Å². The van der Waals surface area contributed by atoms with E-state index in [2.05, 4.69) is 26.6 Å². The van der Waals surface area contributed by atoms with Crippen LogP contribution in [0.3, 0.4) is 0 Å². The molecule has 1 aliphatic heterocycles. The second kappa shape index (κ2) is 10.8. The van der Waals surface area contributed by atoms with Gasteiger partial charge in [0, 0.05) is 36.8 Å². The highest BCUT2D eigenvalue weighted by atomic mass is 16.2. The molecule has 1 unspecified atom stereocenters. The van der Waals surface area contributed by atoms with Crippen LogP contribution in [-0.4, -0.2) is 41.6 Å². The maximum Gasteiger partial charge on any atom is 0.319 e. The van der Waals surface area contributed by atoms with Crippen LogP contribution in [0.2, 0.25) is 0 Å². The summed E-state index contributed by atoms with van der Waals surface area (Å²) in [6.45, 7) is 4.34. The lowest BCUT2D eigenvalue weighted by atomic mass is 9.73. The normalized spacial score (nSPS) is 15.8. The number of pyridine rings is 1. The predicted molar refractivity (Wildman–Crippen MR) is 147 cm³/mol. The molecule has 6 nitrogen and oxygen atoms in total. The van der Waals surface area contributed by atoms with E-state index < -0.39 is 5.41 Å². The lowest BCUT2D eigenvalue weighted by Crippen LogP contribution is -2.40. The molecule has 1 atom stereocenters. The number of hydrogen-bond donors (Lipinski definition) is 2. The van der Waals surface area contributed by atoms with Crippen molar-refractivity contribution in [3.63, 3.8) is 0 Å². The summed E-state index contributed by atoms with van der Waals surface area (Å²) in [6.07, 6.45) is 1.55. The number of anilines is 1. The van der Waals surface area contributed by atoms with Crippen LogP contribution in [0.1, 0.15) is 29.7 Å². The largest absolute Gasteiger partial charge is 0.334 e. The van der Waals surface area contributed by atoms with Crippen molar-refractivity contribution < 1.29 is 4.79 Å². The zero-order valence-electron chi connectivity index (χ0n) is 21.0. The fourth-order valence-electron chi connectivity index (χ4n) is 5.32. The van der Waals surface area contributed by atoms with Crippen molar-refractivity contribution in [3.05, 3.63) is 108 Å². The van der Waals surface area contributed by atoms with Crippen LogP contribution < -0.4 is 10.6 Å². The van der Waals surface area contributed by atoms with Gasteiger partial charge in [-0.1, -0.05) is 78.9 Å². The van der Waals surface area contributed by atoms with Crippen LogP contribution in [0.4, 0.5) is 10.5 Å². The summed E-state index contributed by atoms with van der Waals surface area (Å²) in [5.41, 5.74) is 3.79. The molecule has 1 saturated heterocycles. The number of aromatic nitrogens is 1. The number of nitrogens with zero attached hydrogens (tertiary/aromatic N) is 3. The molecule has 0 bridgehead atoms. The highest BCUT2D eigenvalue weighted by Crippen LogP contribution is 2.35. The zero-order chi connectivity index (χ0) is 25.7. The maximum atomic E-state index is 12.9. The van der Waals surface area contributed by atoms with Gasteiger partial charge in [-0.2, -0.15) is 5.26 Å². The first-order valence-electron chi connectivity index (χ1n) is 12.8. The average Bonchev–Trinajstić information content (AvgIpc) is 3.37. The molecule has 1 fully saturated rings. The first-order valence-corrected chi connectivity index (χ1v) is 12.8. The summed E-state index contributed by atoms with van der Waals surface area (Å²) in [7, 11) is 0. The molecule has 0 radical (unpaired) electrons. The van der Waals surface area contributed by atoms with E-state index in [4.69, 9.17) is 0 Å². The Morgan fingerprint density at radius 1 is 1.03 bits per heavy atom. The number of urea groups is 1. The molecule has 0 spiro atoms. The fraction of sp³-hybridized carbons (Fsp3) is 0.258. The molecule has 37 heavy (non-hydrogen) atoms. The van der Waals surface area contributed by atoms with Gasteiger partial charge in [0.2, 0.25) is 0 Å². The lowest BCUT2D eigenvalue weighted by molar-refractivity contribution is 0.247. The van der Waals surface area contributed by atoms with Gasteiger partial charge in [-0.05, 0) is 43.0 Å². The van der Waals surface area contributed by atoms with Gasteiger partial charge in [0.1, 0.15) is 5.41 Å². The van der Waals surface area contributed by atoms with E-state index in [1.54, 1.807) is 0 Å². The van der Waals surface area contributed by atoms with Crippen LogP contribution in [0, 0.1) is 18.3 Å². The highest BCUT2D eigenvalue weighted by Gasteiger charge is 2.35. The SMILES string of the molecule is Cc1cc(NC(=O)NC2CCN(CCC(C#N)(c3ccccc3)c3ccccc3)C2)c2ccccc2n1. The lowest BCUT2D eigenvalue weighted by Gasteiger charge is -2.30. The van der Waals surface area contributed by atoms with Crippen molar-refractivity contribution in [2.45, 2.75) is 31.2 Å². The van der Waals surface area contributed by atoms with E-state index in [-0.39, 0.29) is 12.1 Å². The molecular weight excluding hydrogens is 458 g/mol.